The third kappa shape index (κ3) is 4.57. The van der Waals surface area contributed by atoms with E-state index in [9.17, 15) is 4.79 Å². The molecule has 0 aliphatic carbocycles. The molecule has 2 unspecified atom stereocenters. The molecule has 0 radical (unpaired) electrons. The first-order chi connectivity index (χ1) is 16.2. The molecule has 2 atom stereocenters. The molecule has 6 nitrogen and oxygen atoms in total. The Labute approximate surface area is 194 Å². The van der Waals surface area contributed by atoms with Crippen molar-refractivity contribution in [1.29, 1.82) is 0 Å². The number of carbonyl (C=O) groups excluding carboxylic acids is 1. The summed E-state index contributed by atoms with van der Waals surface area (Å²) in [4.78, 5) is 21.6. The summed E-state index contributed by atoms with van der Waals surface area (Å²) >= 11 is 0. The van der Waals surface area contributed by atoms with Gasteiger partial charge in [-0.2, -0.15) is 0 Å². The molecule has 2 aliphatic rings. The minimum atomic E-state index is 0.0932. The van der Waals surface area contributed by atoms with Crippen LogP contribution < -0.4 is 9.47 Å². The number of hydrogen-bond acceptors (Lipinski definition) is 5. The zero-order valence-electron chi connectivity index (χ0n) is 18.8. The molecule has 170 valence electrons. The first-order valence-corrected chi connectivity index (χ1v) is 11.5. The Kier molecular flexibility index (Phi) is 6.26. The van der Waals surface area contributed by atoms with E-state index >= 15 is 0 Å². The number of benzene rings is 2. The highest BCUT2D eigenvalue weighted by Crippen LogP contribution is 2.40. The zero-order chi connectivity index (χ0) is 22.6. The molecule has 1 aromatic heterocycles. The highest BCUT2D eigenvalue weighted by Gasteiger charge is 2.46. The average Bonchev–Trinajstić information content (AvgIpc) is 2.87. The first kappa shape index (κ1) is 21.5. The van der Waals surface area contributed by atoms with Gasteiger partial charge in [0.2, 0.25) is 0 Å². The number of para-hydroxylation sites is 1. The summed E-state index contributed by atoms with van der Waals surface area (Å²) in [6, 6.07) is 22.2. The molecule has 1 amide bonds. The van der Waals surface area contributed by atoms with Crippen LogP contribution in [-0.2, 0) is 0 Å². The molecule has 2 aromatic carbocycles. The molecule has 5 rings (SSSR count). The van der Waals surface area contributed by atoms with Gasteiger partial charge in [0.15, 0.2) is 0 Å². The summed E-state index contributed by atoms with van der Waals surface area (Å²) in [5.74, 6) is 1.76. The lowest BCUT2D eigenvalue weighted by atomic mass is 9.87. The normalized spacial score (nSPS) is 21.3. The summed E-state index contributed by atoms with van der Waals surface area (Å²) in [7, 11) is 1.63. The third-order valence-electron chi connectivity index (χ3n) is 6.74. The fraction of sp³-hybridized carbons (Fsp3) is 0.333. The van der Waals surface area contributed by atoms with E-state index in [1.54, 1.807) is 7.11 Å². The standard InChI is InChI=1S/C27H29N3O3/c1-32-23-9-7-21(8-10-23)27(31)29-17-13-22(14-18-29)30-19-25(33-24-5-3-2-4-6-24)26(30)20-11-15-28-16-12-20/h2-12,15-16,22,25-26H,13-14,17-19H2,1H3. The van der Waals surface area contributed by atoms with Crippen molar-refractivity contribution in [3.05, 3.63) is 90.3 Å². The molecule has 2 saturated heterocycles. The van der Waals surface area contributed by atoms with Crippen LogP contribution in [0.15, 0.2) is 79.1 Å². The summed E-state index contributed by atoms with van der Waals surface area (Å²) in [5, 5.41) is 0. The van der Waals surface area contributed by atoms with E-state index in [0.717, 1.165) is 44.0 Å². The Morgan fingerprint density at radius 1 is 0.909 bits per heavy atom. The summed E-state index contributed by atoms with van der Waals surface area (Å²) in [5.41, 5.74) is 1.94. The van der Waals surface area contributed by atoms with Gasteiger partial charge in [-0.25, -0.2) is 0 Å². The molecule has 2 aliphatic heterocycles. The number of carbonyl (C=O) groups is 1. The minimum Gasteiger partial charge on any atom is -0.497 e. The molecule has 0 N–H and O–H groups in total. The van der Waals surface area contributed by atoms with Crippen molar-refractivity contribution < 1.29 is 14.3 Å². The van der Waals surface area contributed by atoms with Crippen molar-refractivity contribution >= 4 is 5.91 Å². The van der Waals surface area contributed by atoms with Gasteiger partial charge in [0.1, 0.15) is 17.6 Å². The summed E-state index contributed by atoms with van der Waals surface area (Å²) in [6.07, 6.45) is 5.72. The first-order valence-electron chi connectivity index (χ1n) is 11.5. The van der Waals surface area contributed by atoms with Crippen LogP contribution >= 0.6 is 0 Å². The molecule has 0 spiro atoms. The van der Waals surface area contributed by atoms with Crippen LogP contribution in [0.5, 0.6) is 11.5 Å². The predicted octanol–water partition coefficient (Wildman–Crippen LogP) is 4.20. The van der Waals surface area contributed by atoms with Gasteiger partial charge in [0, 0.05) is 43.6 Å². The van der Waals surface area contributed by atoms with E-state index in [-0.39, 0.29) is 18.1 Å². The maximum absolute atomic E-state index is 12.9. The largest absolute Gasteiger partial charge is 0.497 e. The van der Waals surface area contributed by atoms with E-state index in [0.29, 0.717) is 11.6 Å². The highest BCUT2D eigenvalue weighted by molar-refractivity contribution is 5.94. The number of pyridine rings is 1. The van der Waals surface area contributed by atoms with Gasteiger partial charge >= 0.3 is 0 Å². The van der Waals surface area contributed by atoms with Crippen molar-refractivity contribution in [2.24, 2.45) is 0 Å². The van der Waals surface area contributed by atoms with E-state index in [1.165, 1.54) is 5.56 Å². The smallest absolute Gasteiger partial charge is 0.253 e. The van der Waals surface area contributed by atoms with Crippen molar-refractivity contribution in [2.45, 2.75) is 31.0 Å². The van der Waals surface area contributed by atoms with Gasteiger partial charge in [-0.05, 0) is 66.9 Å². The molecule has 2 fully saturated rings. The van der Waals surface area contributed by atoms with Crippen molar-refractivity contribution in [3.8, 4) is 11.5 Å². The third-order valence-corrected chi connectivity index (χ3v) is 6.74. The Morgan fingerprint density at radius 2 is 1.61 bits per heavy atom. The van der Waals surface area contributed by atoms with Gasteiger partial charge in [0.25, 0.3) is 5.91 Å². The number of nitrogens with zero attached hydrogens (tertiary/aromatic N) is 3. The van der Waals surface area contributed by atoms with Crippen LogP contribution in [0.25, 0.3) is 0 Å². The maximum atomic E-state index is 12.9. The minimum absolute atomic E-state index is 0.0932. The maximum Gasteiger partial charge on any atom is 0.253 e. The Hall–Kier alpha value is -3.38. The van der Waals surface area contributed by atoms with Crippen LogP contribution in [0.3, 0.4) is 0 Å². The zero-order valence-corrected chi connectivity index (χ0v) is 18.8. The van der Waals surface area contributed by atoms with Crippen LogP contribution in [0.1, 0.15) is 34.8 Å². The van der Waals surface area contributed by atoms with Crippen LogP contribution in [0.4, 0.5) is 0 Å². The van der Waals surface area contributed by atoms with Gasteiger partial charge in [-0.1, -0.05) is 18.2 Å². The summed E-state index contributed by atoms with van der Waals surface area (Å²) in [6.45, 7) is 2.41. The molecule has 33 heavy (non-hydrogen) atoms. The SMILES string of the molecule is COc1ccc(C(=O)N2CCC(N3CC(Oc4ccccc4)C3c3ccncc3)CC2)cc1. The second kappa shape index (κ2) is 9.63. The van der Waals surface area contributed by atoms with E-state index in [2.05, 4.69) is 22.0 Å². The highest BCUT2D eigenvalue weighted by atomic mass is 16.5. The van der Waals surface area contributed by atoms with Gasteiger partial charge < -0.3 is 14.4 Å². The lowest BCUT2D eigenvalue weighted by Gasteiger charge is -2.53. The fourth-order valence-electron chi connectivity index (χ4n) is 4.93. The van der Waals surface area contributed by atoms with Crippen molar-refractivity contribution in [3.63, 3.8) is 0 Å². The van der Waals surface area contributed by atoms with Crippen LogP contribution in [0.2, 0.25) is 0 Å². The quantitative estimate of drug-likeness (QED) is 0.572. The van der Waals surface area contributed by atoms with Crippen LogP contribution in [0, 0.1) is 0 Å². The number of piperidine rings is 1. The van der Waals surface area contributed by atoms with Gasteiger partial charge in [0.05, 0.1) is 13.2 Å². The molecule has 6 heteroatoms. The molecular weight excluding hydrogens is 414 g/mol. The lowest BCUT2D eigenvalue weighted by Crippen LogP contribution is -2.61. The number of aromatic nitrogens is 1. The Balaban J connectivity index is 1.24. The molecule has 3 aromatic rings. The predicted molar refractivity (Wildman–Crippen MR) is 126 cm³/mol. The topological polar surface area (TPSA) is 54.9 Å². The Bertz CT molecular complexity index is 1050. The number of rotatable bonds is 6. The van der Waals surface area contributed by atoms with Crippen molar-refractivity contribution in [1.82, 2.24) is 14.8 Å². The van der Waals surface area contributed by atoms with E-state index in [1.807, 2.05) is 71.9 Å². The molecule has 3 heterocycles. The van der Waals surface area contributed by atoms with E-state index < -0.39 is 0 Å². The van der Waals surface area contributed by atoms with Crippen LogP contribution in [-0.4, -0.2) is 59.6 Å². The molecule has 0 bridgehead atoms. The molecular formula is C27H29N3O3. The second-order valence-corrected chi connectivity index (χ2v) is 8.64. The lowest BCUT2D eigenvalue weighted by molar-refractivity contribution is -0.0842. The fourth-order valence-corrected chi connectivity index (χ4v) is 4.93. The number of amides is 1. The molecule has 0 saturated carbocycles. The van der Waals surface area contributed by atoms with E-state index in [4.69, 9.17) is 9.47 Å². The van der Waals surface area contributed by atoms with Gasteiger partial charge in [-0.15, -0.1) is 0 Å². The average molecular weight is 444 g/mol. The second-order valence-electron chi connectivity index (χ2n) is 8.64. The van der Waals surface area contributed by atoms with Gasteiger partial charge in [-0.3, -0.25) is 14.7 Å². The van der Waals surface area contributed by atoms with Crippen molar-refractivity contribution in [2.75, 3.05) is 26.7 Å². The monoisotopic (exact) mass is 443 g/mol. The number of methoxy groups -OCH3 is 1. The number of likely N-dealkylation sites (tertiary alicyclic amines) is 2. The summed E-state index contributed by atoms with van der Waals surface area (Å²) < 4.78 is 11.5. The Morgan fingerprint density at radius 3 is 2.27 bits per heavy atom. The number of hydrogen-bond donors (Lipinski definition) is 0. The number of ether oxygens (including phenoxy) is 2.